The van der Waals surface area contributed by atoms with Crippen molar-refractivity contribution in [2.45, 2.75) is 32.3 Å². The molecule has 92 valence electrons. The van der Waals surface area contributed by atoms with Crippen molar-refractivity contribution in [3.8, 4) is 0 Å². The number of nitrogens with zero attached hydrogens (tertiary/aromatic N) is 4. The molecule has 2 aromatic rings. The maximum absolute atomic E-state index is 10.2. The predicted octanol–water partition coefficient (Wildman–Crippen LogP) is 1.67. The first-order chi connectivity index (χ1) is 8.09. The number of rotatable bonds is 4. The first kappa shape index (κ1) is 12.2. The van der Waals surface area contributed by atoms with Crippen LogP contribution in [-0.4, -0.2) is 24.2 Å². The Bertz CT molecular complexity index is 491. The minimum atomic E-state index is -0.575. The van der Waals surface area contributed by atoms with E-state index in [1.54, 1.807) is 6.20 Å². The lowest BCUT2D eigenvalue weighted by Gasteiger charge is -2.11. The van der Waals surface area contributed by atoms with Gasteiger partial charge in [-0.05, 0) is 17.5 Å². The SMILES string of the molecule is CC(C)c1nnsc1C(O)Cc1nccn1C. The van der Waals surface area contributed by atoms with Crippen molar-refractivity contribution >= 4 is 11.5 Å². The van der Waals surface area contributed by atoms with Crippen LogP contribution in [0.2, 0.25) is 0 Å². The number of aryl methyl sites for hydroxylation is 1. The highest BCUT2D eigenvalue weighted by Crippen LogP contribution is 2.27. The molecule has 0 aromatic carbocycles. The molecule has 1 atom stereocenters. The Kier molecular flexibility index (Phi) is 3.54. The Hall–Kier alpha value is -1.27. The van der Waals surface area contributed by atoms with E-state index >= 15 is 0 Å². The second kappa shape index (κ2) is 4.93. The average Bonchev–Trinajstić information content (AvgIpc) is 2.87. The Morgan fingerprint density at radius 3 is 2.82 bits per heavy atom. The van der Waals surface area contributed by atoms with E-state index in [0.717, 1.165) is 16.4 Å². The first-order valence-corrected chi connectivity index (χ1v) is 6.33. The largest absolute Gasteiger partial charge is 0.387 e. The second-order valence-corrected chi connectivity index (χ2v) is 5.14. The van der Waals surface area contributed by atoms with Crippen LogP contribution in [0.5, 0.6) is 0 Å². The van der Waals surface area contributed by atoms with Crippen LogP contribution in [0.3, 0.4) is 0 Å². The molecule has 0 fully saturated rings. The number of hydrogen-bond acceptors (Lipinski definition) is 5. The van der Waals surface area contributed by atoms with E-state index in [-0.39, 0.29) is 5.92 Å². The molecule has 0 saturated heterocycles. The van der Waals surface area contributed by atoms with Crippen LogP contribution in [0.15, 0.2) is 12.4 Å². The highest BCUT2D eigenvalue weighted by atomic mass is 32.1. The molecule has 1 unspecified atom stereocenters. The summed E-state index contributed by atoms with van der Waals surface area (Å²) in [5.74, 6) is 1.14. The number of aliphatic hydroxyl groups excluding tert-OH is 1. The summed E-state index contributed by atoms with van der Waals surface area (Å²) in [7, 11) is 1.92. The van der Waals surface area contributed by atoms with Gasteiger partial charge in [0.1, 0.15) is 5.82 Å². The number of aromatic nitrogens is 4. The van der Waals surface area contributed by atoms with E-state index in [9.17, 15) is 5.11 Å². The highest BCUT2D eigenvalue weighted by Gasteiger charge is 2.20. The topological polar surface area (TPSA) is 63.8 Å². The van der Waals surface area contributed by atoms with Gasteiger partial charge in [0.15, 0.2) is 0 Å². The van der Waals surface area contributed by atoms with Gasteiger partial charge in [-0.3, -0.25) is 0 Å². The molecule has 0 amide bonds. The summed E-state index contributed by atoms with van der Waals surface area (Å²) < 4.78 is 5.83. The third-order valence-corrected chi connectivity index (χ3v) is 3.53. The summed E-state index contributed by atoms with van der Waals surface area (Å²) in [5.41, 5.74) is 0.886. The monoisotopic (exact) mass is 252 g/mol. The number of imidazole rings is 1. The quantitative estimate of drug-likeness (QED) is 0.899. The molecule has 1 N–H and O–H groups in total. The van der Waals surface area contributed by atoms with Gasteiger partial charge in [-0.2, -0.15) is 0 Å². The third kappa shape index (κ3) is 2.53. The molecule has 6 heteroatoms. The van der Waals surface area contributed by atoms with Crippen LogP contribution in [-0.2, 0) is 13.5 Å². The smallest absolute Gasteiger partial charge is 0.111 e. The van der Waals surface area contributed by atoms with Crippen molar-refractivity contribution in [3.63, 3.8) is 0 Å². The van der Waals surface area contributed by atoms with E-state index in [1.165, 1.54) is 11.5 Å². The fourth-order valence-corrected chi connectivity index (χ4v) is 2.49. The molecule has 0 bridgehead atoms. The van der Waals surface area contributed by atoms with Crippen LogP contribution >= 0.6 is 11.5 Å². The predicted molar refractivity (Wildman–Crippen MR) is 65.9 cm³/mol. The molecule has 0 radical (unpaired) electrons. The molecule has 0 aliphatic carbocycles. The Labute approximate surface area is 104 Å². The Morgan fingerprint density at radius 2 is 2.24 bits per heavy atom. The molecule has 0 aliphatic heterocycles. The zero-order valence-corrected chi connectivity index (χ0v) is 11.0. The average molecular weight is 252 g/mol. The van der Waals surface area contributed by atoms with Gasteiger partial charge >= 0.3 is 0 Å². The van der Waals surface area contributed by atoms with Crippen LogP contribution in [0.25, 0.3) is 0 Å². The minimum Gasteiger partial charge on any atom is -0.387 e. The summed E-state index contributed by atoms with van der Waals surface area (Å²) >= 11 is 1.27. The first-order valence-electron chi connectivity index (χ1n) is 5.56. The molecule has 5 nitrogen and oxygen atoms in total. The van der Waals surface area contributed by atoms with Gasteiger partial charge in [0.2, 0.25) is 0 Å². The van der Waals surface area contributed by atoms with Gasteiger partial charge in [0.05, 0.1) is 16.7 Å². The van der Waals surface area contributed by atoms with E-state index < -0.39 is 6.10 Å². The van der Waals surface area contributed by atoms with Gasteiger partial charge < -0.3 is 9.67 Å². The molecular formula is C11H16N4OS. The zero-order valence-electron chi connectivity index (χ0n) is 10.2. The van der Waals surface area contributed by atoms with E-state index in [1.807, 2.05) is 31.7 Å². The summed E-state index contributed by atoms with van der Waals surface area (Å²) in [6.07, 6.45) is 3.52. The van der Waals surface area contributed by atoms with E-state index in [0.29, 0.717) is 6.42 Å². The van der Waals surface area contributed by atoms with E-state index in [4.69, 9.17) is 0 Å². The van der Waals surface area contributed by atoms with Crippen molar-refractivity contribution in [2.24, 2.45) is 7.05 Å². The summed E-state index contributed by atoms with van der Waals surface area (Å²) in [5, 5.41) is 14.3. The molecule has 2 heterocycles. The number of aliphatic hydroxyl groups is 1. The zero-order chi connectivity index (χ0) is 12.4. The van der Waals surface area contributed by atoms with Crippen molar-refractivity contribution in [1.82, 2.24) is 19.1 Å². The lowest BCUT2D eigenvalue weighted by atomic mass is 10.1. The Balaban J connectivity index is 2.17. The highest BCUT2D eigenvalue weighted by molar-refractivity contribution is 7.05. The maximum atomic E-state index is 10.2. The third-order valence-electron chi connectivity index (χ3n) is 2.69. The van der Waals surface area contributed by atoms with Gasteiger partial charge in [0, 0.05) is 25.9 Å². The maximum Gasteiger partial charge on any atom is 0.111 e. The van der Waals surface area contributed by atoms with Crippen LogP contribution in [0.1, 0.15) is 42.3 Å². The normalized spacial score (nSPS) is 13.2. The van der Waals surface area contributed by atoms with Crippen molar-refractivity contribution < 1.29 is 5.11 Å². The molecule has 2 aromatic heterocycles. The molecular weight excluding hydrogens is 236 g/mol. The number of hydrogen-bond donors (Lipinski definition) is 1. The molecule has 0 spiro atoms. The lowest BCUT2D eigenvalue weighted by molar-refractivity contribution is 0.177. The van der Waals surface area contributed by atoms with E-state index in [2.05, 4.69) is 14.6 Å². The molecule has 2 rings (SSSR count). The van der Waals surface area contributed by atoms with Gasteiger partial charge in [-0.25, -0.2) is 4.98 Å². The second-order valence-electron chi connectivity index (χ2n) is 4.35. The fourth-order valence-electron chi connectivity index (χ4n) is 1.69. The van der Waals surface area contributed by atoms with Gasteiger partial charge in [-0.15, -0.1) is 5.10 Å². The standard InChI is InChI=1S/C11H16N4OS/c1-7(2)10-11(17-14-13-10)8(16)6-9-12-4-5-15(9)3/h4-5,7-8,16H,6H2,1-3H3. The van der Waals surface area contributed by atoms with Crippen LogP contribution in [0.4, 0.5) is 0 Å². The summed E-state index contributed by atoms with van der Waals surface area (Å²) in [4.78, 5) is 5.06. The van der Waals surface area contributed by atoms with Crippen molar-refractivity contribution in [3.05, 3.63) is 28.8 Å². The molecule has 0 saturated carbocycles. The van der Waals surface area contributed by atoms with Gasteiger partial charge in [-0.1, -0.05) is 18.3 Å². The van der Waals surface area contributed by atoms with Crippen molar-refractivity contribution in [2.75, 3.05) is 0 Å². The molecule has 0 aliphatic rings. The van der Waals surface area contributed by atoms with Gasteiger partial charge in [0.25, 0.3) is 0 Å². The molecule has 17 heavy (non-hydrogen) atoms. The minimum absolute atomic E-state index is 0.278. The fraction of sp³-hybridized carbons (Fsp3) is 0.545. The Morgan fingerprint density at radius 1 is 1.47 bits per heavy atom. The summed E-state index contributed by atoms with van der Waals surface area (Å²) in [6.45, 7) is 4.10. The van der Waals surface area contributed by atoms with Crippen molar-refractivity contribution in [1.29, 1.82) is 0 Å². The van der Waals surface area contributed by atoms with Crippen LogP contribution in [0, 0.1) is 0 Å². The van der Waals surface area contributed by atoms with Crippen LogP contribution < -0.4 is 0 Å². The lowest BCUT2D eigenvalue weighted by Crippen LogP contribution is -2.08. The summed E-state index contributed by atoms with van der Waals surface area (Å²) in [6, 6.07) is 0.